The molecule has 6 heteroatoms. The number of hydrogen-bond donors (Lipinski definition) is 2. The minimum Gasteiger partial charge on any atom is -0.352 e. The Morgan fingerprint density at radius 2 is 1.58 bits per heavy atom. The zero-order valence-corrected chi connectivity index (χ0v) is 20.1. The molecule has 1 aliphatic heterocycles. The second-order valence-electron chi connectivity index (χ2n) is 9.78. The van der Waals surface area contributed by atoms with Gasteiger partial charge in [0.25, 0.3) is 11.8 Å². The molecule has 2 N–H and O–H groups in total. The van der Waals surface area contributed by atoms with Crippen molar-refractivity contribution < 1.29 is 14.4 Å². The Morgan fingerprint density at radius 3 is 2.18 bits per heavy atom. The predicted molar refractivity (Wildman–Crippen MR) is 130 cm³/mol. The van der Waals surface area contributed by atoms with E-state index >= 15 is 0 Å². The van der Waals surface area contributed by atoms with Crippen LogP contribution in [0.4, 0.5) is 0 Å². The molecule has 176 valence electrons. The number of aryl methyl sites for hydroxylation is 1. The molecule has 1 aliphatic rings. The van der Waals surface area contributed by atoms with E-state index in [1.807, 2.05) is 60.4 Å². The highest BCUT2D eigenvalue weighted by Gasteiger charge is 2.24. The third kappa shape index (κ3) is 6.67. The van der Waals surface area contributed by atoms with Crippen LogP contribution in [0.5, 0.6) is 0 Å². The molecule has 33 heavy (non-hydrogen) atoms. The van der Waals surface area contributed by atoms with E-state index in [9.17, 15) is 14.4 Å². The van der Waals surface area contributed by atoms with Crippen molar-refractivity contribution >= 4 is 17.7 Å². The molecule has 1 heterocycles. The van der Waals surface area contributed by atoms with Gasteiger partial charge < -0.3 is 15.5 Å². The summed E-state index contributed by atoms with van der Waals surface area (Å²) in [6, 6.07) is 15.2. The molecular formula is C27H35N3O3. The highest BCUT2D eigenvalue weighted by Crippen LogP contribution is 2.22. The first-order valence-corrected chi connectivity index (χ1v) is 11.7. The van der Waals surface area contributed by atoms with Crippen molar-refractivity contribution in [2.75, 3.05) is 19.6 Å². The van der Waals surface area contributed by atoms with Crippen LogP contribution in [0, 0.1) is 6.92 Å². The summed E-state index contributed by atoms with van der Waals surface area (Å²) in [5, 5.41) is 5.93. The van der Waals surface area contributed by atoms with Crippen LogP contribution >= 0.6 is 0 Å². The standard InChI is InChI=1S/C27H35N3O3/c1-19-7-5-6-8-23(19)26(33)29-22-14-17-30(18-15-22)24(31)13-16-28-25(32)20-9-11-21(12-10-20)27(2,3)4/h5-12,22H,13-18H2,1-4H3,(H,28,32)(H,29,33). The van der Waals surface area contributed by atoms with Crippen molar-refractivity contribution in [1.29, 1.82) is 0 Å². The molecule has 2 aromatic rings. The van der Waals surface area contributed by atoms with E-state index in [0.717, 1.165) is 18.4 Å². The number of likely N-dealkylation sites (tertiary alicyclic amines) is 1. The fourth-order valence-electron chi connectivity index (χ4n) is 4.03. The molecule has 0 unspecified atom stereocenters. The summed E-state index contributed by atoms with van der Waals surface area (Å²) in [6.45, 7) is 9.86. The molecule has 0 bridgehead atoms. The van der Waals surface area contributed by atoms with E-state index in [4.69, 9.17) is 0 Å². The maximum Gasteiger partial charge on any atom is 0.251 e. The minimum absolute atomic E-state index is 0.0297. The third-order valence-electron chi connectivity index (χ3n) is 6.21. The number of nitrogens with one attached hydrogen (secondary N) is 2. The highest BCUT2D eigenvalue weighted by atomic mass is 16.2. The van der Waals surface area contributed by atoms with Crippen molar-refractivity contribution in [3.8, 4) is 0 Å². The Labute approximate surface area is 196 Å². The van der Waals surface area contributed by atoms with Crippen molar-refractivity contribution in [3.63, 3.8) is 0 Å². The number of carbonyl (C=O) groups excluding carboxylic acids is 3. The summed E-state index contributed by atoms with van der Waals surface area (Å²) in [4.78, 5) is 39.3. The van der Waals surface area contributed by atoms with Gasteiger partial charge in [0.15, 0.2) is 0 Å². The van der Waals surface area contributed by atoms with Gasteiger partial charge in [-0.2, -0.15) is 0 Å². The SMILES string of the molecule is Cc1ccccc1C(=O)NC1CCN(C(=O)CCNC(=O)c2ccc(C(C)(C)C)cc2)CC1. The van der Waals surface area contributed by atoms with Gasteiger partial charge in [0, 0.05) is 43.2 Å². The van der Waals surface area contributed by atoms with E-state index in [-0.39, 0.29) is 35.6 Å². The Bertz CT molecular complexity index is 984. The van der Waals surface area contributed by atoms with Crippen LogP contribution in [-0.4, -0.2) is 48.3 Å². The first-order chi connectivity index (χ1) is 15.6. The Kier molecular flexibility index (Phi) is 7.90. The summed E-state index contributed by atoms with van der Waals surface area (Å²) in [6.07, 6.45) is 1.73. The fourth-order valence-corrected chi connectivity index (χ4v) is 4.03. The van der Waals surface area contributed by atoms with Gasteiger partial charge in [-0.05, 0) is 54.5 Å². The van der Waals surface area contributed by atoms with Gasteiger partial charge in [0.2, 0.25) is 5.91 Å². The van der Waals surface area contributed by atoms with Gasteiger partial charge in [-0.25, -0.2) is 0 Å². The molecule has 0 aliphatic carbocycles. The normalized spacial score (nSPS) is 14.6. The lowest BCUT2D eigenvalue weighted by atomic mass is 9.87. The number of nitrogens with zero attached hydrogens (tertiary/aromatic N) is 1. The second-order valence-corrected chi connectivity index (χ2v) is 9.78. The molecular weight excluding hydrogens is 414 g/mol. The van der Waals surface area contributed by atoms with Crippen LogP contribution < -0.4 is 10.6 Å². The maximum atomic E-state index is 12.6. The van der Waals surface area contributed by atoms with Crippen LogP contribution in [0.25, 0.3) is 0 Å². The quantitative estimate of drug-likeness (QED) is 0.703. The van der Waals surface area contributed by atoms with E-state index in [2.05, 4.69) is 31.4 Å². The molecule has 6 nitrogen and oxygen atoms in total. The lowest BCUT2D eigenvalue weighted by molar-refractivity contribution is -0.132. The topological polar surface area (TPSA) is 78.5 Å². The minimum atomic E-state index is -0.166. The summed E-state index contributed by atoms with van der Waals surface area (Å²) in [7, 11) is 0. The zero-order valence-electron chi connectivity index (χ0n) is 20.1. The third-order valence-corrected chi connectivity index (χ3v) is 6.21. The number of benzene rings is 2. The molecule has 0 radical (unpaired) electrons. The molecule has 3 rings (SSSR count). The molecule has 0 aromatic heterocycles. The molecule has 0 saturated carbocycles. The molecule has 2 aromatic carbocycles. The van der Waals surface area contributed by atoms with Crippen LogP contribution in [0.3, 0.4) is 0 Å². The smallest absolute Gasteiger partial charge is 0.251 e. The van der Waals surface area contributed by atoms with Gasteiger partial charge in [-0.15, -0.1) is 0 Å². The highest BCUT2D eigenvalue weighted by molar-refractivity contribution is 5.96. The Morgan fingerprint density at radius 1 is 0.939 bits per heavy atom. The lowest BCUT2D eigenvalue weighted by Gasteiger charge is -2.32. The number of amides is 3. The largest absolute Gasteiger partial charge is 0.352 e. The number of carbonyl (C=O) groups is 3. The second kappa shape index (κ2) is 10.6. The molecule has 3 amide bonds. The van der Waals surface area contributed by atoms with E-state index in [1.54, 1.807) is 0 Å². The van der Waals surface area contributed by atoms with Crippen LogP contribution in [0.2, 0.25) is 0 Å². The maximum absolute atomic E-state index is 12.6. The zero-order chi connectivity index (χ0) is 24.0. The number of piperidine rings is 1. The first kappa shape index (κ1) is 24.5. The average molecular weight is 450 g/mol. The summed E-state index contributed by atoms with van der Waals surface area (Å²) < 4.78 is 0. The fraction of sp³-hybridized carbons (Fsp3) is 0.444. The molecule has 0 spiro atoms. The summed E-state index contributed by atoms with van der Waals surface area (Å²) in [5.41, 5.74) is 3.46. The van der Waals surface area contributed by atoms with Crippen LogP contribution in [0.15, 0.2) is 48.5 Å². The van der Waals surface area contributed by atoms with Crippen molar-refractivity contribution in [3.05, 3.63) is 70.8 Å². The van der Waals surface area contributed by atoms with Crippen LogP contribution in [-0.2, 0) is 10.2 Å². The van der Waals surface area contributed by atoms with Gasteiger partial charge >= 0.3 is 0 Å². The lowest BCUT2D eigenvalue weighted by Crippen LogP contribution is -2.47. The Hall–Kier alpha value is -3.15. The van der Waals surface area contributed by atoms with E-state index in [0.29, 0.717) is 30.8 Å². The van der Waals surface area contributed by atoms with Gasteiger partial charge in [0.05, 0.1) is 0 Å². The van der Waals surface area contributed by atoms with E-state index in [1.165, 1.54) is 5.56 Å². The van der Waals surface area contributed by atoms with Crippen molar-refractivity contribution in [2.45, 2.75) is 58.4 Å². The summed E-state index contributed by atoms with van der Waals surface area (Å²) in [5.74, 6) is -0.195. The number of rotatable bonds is 6. The number of hydrogen-bond acceptors (Lipinski definition) is 3. The van der Waals surface area contributed by atoms with Crippen LogP contribution in [0.1, 0.15) is 71.9 Å². The monoisotopic (exact) mass is 449 g/mol. The molecule has 1 fully saturated rings. The molecule has 1 saturated heterocycles. The van der Waals surface area contributed by atoms with E-state index < -0.39 is 0 Å². The summed E-state index contributed by atoms with van der Waals surface area (Å²) >= 11 is 0. The first-order valence-electron chi connectivity index (χ1n) is 11.7. The van der Waals surface area contributed by atoms with Gasteiger partial charge in [-0.3, -0.25) is 14.4 Å². The molecule has 0 atom stereocenters. The van der Waals surface area contributed by atoms with Crippen molar-refractivity contribution in [1.82, 2.24) is 15.5 Å². The van der Waals surface area contributed by atoms with Crippen molar-refractivity contribution in [2.24, 2.45) is 0 Å². The van der Waals surface area contributed by atoms with Gasteiger partial charge in [0.1, 0.15) is 0 Å². The predicted octanol–water partition coefficient (Wildman–Crippen LogP) is 3.83. The Balaban J connectivity index is 1.39. The van der Waals surface area contributed by atoms with Gasteiger partial charge in [-0.1, -0.05) is 51.1 Å². The average Bonchev–Trinajstić information content (AvgIpc) is 2.79.